The van der Waals surface area contributed by atoms with E-state index < -0.39 is 9.73 Å². The largest absolute Gasteiger partial charge is 0.261 e. The van der Waals surface area contributed by atoms with Gasteiger partial charge in [0.2, 0.25) is 0 Å². The first-order valence-corrected chi connectivity index (χ1v) is 5.74. The summed E-state index contributed by atoms with van der Waals surface area (Å²) in [6.45, 7) is 1.90. The first-order chi connectivity index (χ1) is 5.47. The van der Waals surface area contributed by atoms with E-state index in [1.54, 1.807) is 6.20 Å². The molecule has 1 unspecified atom stereocenters. The van der Waals surface area contributed by atoms with Crippen molar-refractivity contribution < 1.29 is 4.21 Å². The molecule has 0 aliphatic rings. The number of aromatic nitrogens is 1. The van der Waals surface area contributed by atoms with Crippen molar-refractivity contribution in [2.24, 2.45) is 0 Å². The molecule has 0 radical (unpaired) electrons. The van der Waals surface area contributed by atoms with Crippen LogP contribution in [0.2, 0.25) is 0 Å². The maximum Gasteiger partial charge on any atom is 0.0578 e. The van der Waals surface area contributed by atoms with Gasteiger partial charge < -0.3 is 0 Å². The molecule has 0 aromatic carbocycles. The molecule has 0 saturated carbocycles. The molecule has 1 heterocycles. The second-order valence-corrected chi connectivity index (χ2v) is 5.26. The lowest BCUT2D eigenvalue weighted by molar-refractivity contribution is 0.678. The standard InChI is InChI=1S/C8H12N2OS/c1-7-3-4-8(5-10-7)6-12(2,9)11/h3-5,9H,6H2,1-2H3. The molecule has 1 aromatic rings. The minimum atomic E-state index is -2.43. The van der Waals surface area contributed by atoms with Crippen LogP contribution in [-0.4, -0.2) is 15.4 Å². The minimum Gasteiger partial charge on any atom is -0.261 e. The average molecular weight is 184 g/mol. The van der Waals surface area contributed by atoms with Gasteiger partial charge in [-0.05, 0) is 18.6 Å². The Labute approximate surface area is 72.8 Å². The predicted molar refractivity (Wildman–Crippen MR) is 49.5 cm³/mol. The predicted octanol–water partition coefficient (Wildman–Crippen LogP) is 1.57. The maximum atomic E-state index is 11.1. The number of nitrogens with one attached hydrogen (secondary N) is 1. The van der Waals surface area contributed by atoms with Gasteiger partial charge in [-0.15, -0.1) is 0 Å². The van der Waals surface area contributed by atoms with E-state index in [9.17, 15) is 4.21 Å². The Morgan fingerprint density at radius 2 is 2.25 bits per heavy atom. The summed E-state index contributed by atoms with van der Waals surface area (Å²) in [5.74, 6) is 0.292. The summed E-state index contributed by atoms with van der Waals surface area (Å²) in [6.07, 6.45) is 3.11. The molecule has 12 heavy (non-hydrogen) atoms. The minimum absolute atomic E-state index is 0.292. The SMILES string of the molecule is Cc1ccc(CS(C)(=N)=O)cn1. The highest BCUT2D eigenvalue weighted by atomic mass is 32.2. The fourth-order valence-corrected chi connectivity index (χ4v) is 1.71. The van der Waals surface area contributed by atoms with Gasteiger partial charge in [0, 0.05) is 27.9 Å². The van der Waals surface area contributed by atoms with Gasteiger partial charge in [0.05, 0.1) is 5.75 Å². The summed E-state index contributed by atoms with van der Waals surface area (Å²) in [5, 5.41) is 0. The zero-order valence-corrected chi connectivity index (χ0v) is 8.02. The van der Waals surface area contributed by atoms with Crippen LogP contribution in [-0.2, 0) is 15.5 Å². The second kappa shape index (κ2) is 3.23. The van der Waals surface area contributed by atoms with E-state index >= 15 is 0 Å². The van der Waals surface area contributed by atoms with E-state index in [2.05, 4.69) is 4.98 Å². The van der Waals surface area contributed by atoms with E-state index in [4.69, 9.17) is 4.78 Å². The Hall–Kier alpha value is -0.900. The molecule has 0 aliphatic heterocycles. The van der Waals surface area contributed by atoms with E-state index in [-0.39, 0.29) is 0 Å². The lowest BCUT2D eigenvalue weighted by atomic mass is 10.3. The Morgan fingerprint density at radius 3 is 2.67 bits per heavy atom. The molecule has 4 heteroatoms. The van der Waals surface area contributed by atoms with Gasteiger partial charge in [-0.25, -0.2) is 4.21 Å². The highest BCUT2D eigenvalue weighted by molar-refractivity contribution is 7.90. The number of rotatable bonds is 2. The third kappa shape index (κ3) is 3.00. The molecular weight excluding hydrogens is 172 g/mol. The Morgan fingerprint density at radius 1 is 1.58 bits per heavy atom. The van der Waals surface area contributed by atoms with Crippen LogP contribution >= 0.6 is 0 Å². The highest BCUT2D eigenvalue weighted by Gasteiger charge is 2.00. The Kier molecular flexibility index (Phi) is 2.47. The van der Waals surface area contributed by atoms with E-state index in [0.29, 0.717) is 5.75 Å². The zero-order chi connectivity index (χ0) is 9.19. The number of hydrogen-bond donors (Lipinski definition) is 1. The quantitative estimate of drug-likeness (QED) is 0.758. The summed E-state index contributed by atoms with van der Waals surface area (Å²) >= 11 is 0. The Bertz CT molecular complexity index is 353. The lowest BCUT2D eigenvalue weighted by Gasteiger charge is -2.00. The first kappa shape index (κ1) is 9.19. The van der Waals surface area contributed by atoms with Gasteiger partial charge in [0.1, 0.15) is 0 Å². The molecule has 0 saturated heterocycles. The van der Waals surface area contributed by atoms with Crippen molar-refractivity contribution >= 4 is 9.73 Å². The fraction of sp³-hybridized carbons (Fsp3) is 0.375. The Balaban J connectivity index is 2.85. The van der Waals surface area contributed by atoms with E-state index in [1.807, 2.05) is 19.1 Å². The van der Waals surface area contributed by atoms with Gasteiger partial charge in [-0.2, -0.15) is 0 Å². The fourth-order valence-electron chi connectivity index (χ4n) is 0.902. The second-order valence-electron chi connectivity index (χ2n) is 2.96. The zero-order valence-electron chi connectivity index (χ0n) is 7.20. The van der Waals surface area contributed by atoms with Crippen molar-refractivity contribution in [1.82, 2.24) is 4.98 Å². The van der Waals surface area contributed by atoms with Crippen molar-refractivity contribution in [1.29, 1.82) is 4.78 Å². The maximum absolute atomic E-state index is 11.1. The van der Waals surface area contributed by atoms with E-state index in [1.165, 1.54) is 6.26 Å². The molecule has 0 aliphatic carbocycles. The van der Waals surface area contributed by atoms with Crippen LogP contribution in [0.4, 0.5) is 0 Å². The number of pyridine rings is 1. The highest BCUT2D eigenvalue weighted by Crippen LogP contribution is 2.04. The molecule has 1 rings (SSSR count). The lowest BCUT2D eigenvalue weighted by Crippen LogP contribution is -1.99. The first-order valence-electron chi connectivity index (χ1n) is 3.60. The monoisotopic (exact) mass is 184 g/mol. The third-order valence-electron chi connectivity index (χ3n) is 1.41. The topological polar surface area (TPSA) is 53.8 Å². The molecule has 1 N–H and O–H groups in total. The van der Waals surface area contributed by atoms with Crippen molar-refractivity contribution in [3.8, 4) is 0 Å². The molecule has 0 amide bonds. The van der Waals surface area contributed by atoms with Gasteiger partial charge in [-0.1, -0.05) is 6.07 Å². The summed E-state index contributed by atoms with van der Waals surface area (Å²) in [4.78, 5) is 4.05. The van der Waals surface area contributed by atoms with Crippen LogP contribution in [0.3, 0.4) is 0 Å². The molecule has 1 aromatic heterocycles. The van der Waals surface area contributed by atoms with Crippen LogP contribution in [0, 0.1) is 11.7 Å². The molecule has 3 nitrogen and oxygen atoms in total. The van der Waals surface area contributed by atoms with Crippen molar-refractivity contribution in [2.75, 3.05) is 6.26 Å². The van der Waals surface area contributed by atoms with Crippen molar-refractivity contribution in [2.45, 2.75) is 12.7 Å². The van der Waals surface area contributed by atoms with Crippen molar-refractivity contribution in [3.63, 3.8) is 0 Å². The summed E-state index contributed by atoms with van der Waals surface area (Å²) < 4.78 is 18.3. The average Bonchev–Trinajstić information content (AvgIpc) is 1.91. The van der Waals surface area contributed by atoms with Gasteiger partial charge >= 0.3 is 0 Å². The summed E-state index contributed by atoms with van der Waals surface area (Å²) in [5.41, 5.74) is 1.80. The normalized spacial score (nSPS) is 15.5. The van der Waals surface area contributed by atoms with Gasteiger partial charge in [0.25, 0.3) is 0 Å². The summed E-state index contributed by atoms with van der Waals surface area (Å²) in [7, 11) is -2.43. The van der Waals surface area contributed by atoms with Crippen molar-refractivity contribution in [3.05, 3.63) is 29.6 Å². The molecule has 0 bridgehead atoms. The number of hydrogen-bond acceptors (Lipinski definition) is 3. The van der Waals surface area contributed by atoms with Crippen LogP contribution < -0.4 is 0 Å². The van der Waals surface area contributed by atoms with Crippen LogP contribution in [0.5, 0.6) is 0 Å². The third-order valence-corrected chi connectivity index (χ3v) is 2.30. The van der Waals surface area contributed by atoms with E-state index in [0.717, 1.165) is 11.3 Å². The molecular formula is C8H12N2OS. The molecule has 0 fully saturated rings. The van der Waals surface area contributed by atoms with Gasteiger partial charge in [0.15, 0.2) is 0 Å². The smallest absolute Gasteiger partial charge is 0.0578 e. The van der Waals surface area contributed by atoms with Crippen LogP contribution in [0.25, 0.3) is 0 Å². The number of aryl methyl sites for hydroxylation is 1. The molecule has 66 valence electrons. The van der Waals surface area contributed by atoms with Crippen LogP contribution in [0.15, 0.2) is 18.3 Å². The summed E-state index contributed by atoms with van der Waals surface area (Å²) in [6, 6.07) is 3.72. The van der Waals surface area contributed by atoms with Crippen LogP contribution in [0.1, 0.15) is 11.3 Å². The van der Waals surface area contributed by atoms with Gasteiger partial charge in [-0.3, -0.25) is 9.76 Å². The molecule has 0 spiro atoms. The number of nitrogens with zero attached hydrogens (tertiary/aromatic N) is 1. The molecule has 1 atom stereocenters.